The highest BCUT2D eigenvalue weighted by atomic mass is 19.1. The van der Waals surface area contributed by atoms with Crippen molar-refractivity contribution in [1.82, 2.24) is 0 Å². The number of carbonyl (C=O) groups is 2. The van der Waals surface area contributed by atoms with Crippen molar-refractivity contribution in [3.63, 3.8) is 0 Å². The summed E-state index contributed by atoms with van der Waals surface area (Å²) in [6.45, 7) is 1.36. The molecule has 0 aliphatic heterocycles. The van der Waals surface area contributed by atoms with Crippen molar-refractivity contribution in [3.8, 4) is 0 Å². The minimum atomic E-state index is -0.886. The van der Waals surface area contributed by atoms with Gasteiger partial charge in [-0.1, -0.05) is 0 Å². The fourth-order valence-corrected chi connectivity index (χ4v) is 1.14. The molecule has 0 unspecified atom stereocenters. The molecule has 0 aromatic heterocycles. The Hall–Kier alpha value is -1.58. The molecule has 0 saturated carbocycles. The number of halogens is 2. The fourth-order valence-electron chi connectivity index (χ4n) is 1.14. The lowest BCUT2D eigenvalue weighted by Crippen LogP contribution is -2.05. The summed E-state index contributed by atoms with van der Waals surface area (Å²) in [4.78, 5) is 22.0. The minimum absolute atomic E-state index is 0.0438. The van der Waals surface area contributed by atoms with Crippen molar-refractivity contribution < 1.29 is 18.4 Å². The predicted molar refractivity (Wildman–Crippen MR) is 50.6 cm³/mol. The standard InChI is InChI=1S/C11H10F2O2/c1-7(14)2-5-11(15)9-4-3-8(12)6-10(9)13/h3-4,6H,2,5H2,1H3. The van der Waals surface area contributed by atoms with E-state index in [4.69, 9.17) is 0 Å². The van der Waals surface area contributed by atoms with Crippen LogP contribution < -0.4 is 0 Å². The molecule has 0 bridgehead atoms. The maximum Gasteiger partial charge on any atom is 0.166 e. The van der Waals surface area contributed by atoms with Gasteiger partial charge in [0.1, 0.15) is 17.4 Å². The Balaban J connectivity index is 2.78. The van der Waals surface area contributed by atoms with E-state index in [1.807, 2.05) is 0 Å². The first kappa shape index (κ1) is 11.5. The molecule has 0 aliphatic rings. The third-order valence-corrected chi connectivity index (χ3v) is 1.94. The van der Waals surface area contributed by atoms with Gasteiger partial charge in [0.2, 0.25) is 0 Å². The number of benzene rings is 1. The van der Waals surface area contributed by atoms with E-state index in [0.717, 1.165) is 12.1 Å². The first-order valence-electron chi connectivity index (χ1n) is 4.48. The molecular formula is C11H10F2O2. The number of carbonyl (C=O) groups excluding carboxylic acids is 2. The third kappa shape index (κ3) is 3.23. The Morgan fingerprint density at radius 3 is 2.40 bits per heavy atom. The van der Waals surface area contributed by atoms with Crippen LogP contribution in [0.15, 0.2) is 18.2 Å². The quantitative estimate of drug-likeness (QED) is 0.718. The van der Waals surface area contributed by atoms with Crippen LogP contribution in [0.2, 0.25) is 0 Å². The van der Waals surface area contributed by atoms with Gasteiger partial charge in [-0.15, -0.1) is 0 Å². The summed E-state index contributed by atoms with van der Waals surface area (Å²) in [5, 5.41) is 0. The van der Waals surface area contributed by atoms with Crippen molar-refractivity contribution in [1.29, 1.82) is 0 Å². The van der Waals surface area contributed by atoms with Crippen molar-refractivity contribution in [3.05, 3.63) is 35.4 Å². The molecule has 1 aromatic rings. The lowest BCUT2D eigenvalue weighted by Gasteiger charge is -2.01. The summed E-state index contributed by atoms with van der Waals surface area (Å²) in [6, 6.07) is 2.76. The van der Waals surface area contributed by atoms with Crippen LogP contribution >= 0.6 is 0 Å². The molecule has 4 heteroatoms. The molecule has 0 atom stereocenters. The smallest absolute Gasteiger partial charge is 0.166 e. The zero-order chi connectivity index (χ0) is 11.4. The van der Waals surface area contributed by atoms with Gasteiger partial charge >= 0.3 is 0 Å². The van der Waals surface area contributed by atoms with Gasteiger partial charge in [-0.05, 0) is 19.1 Å². The van der Waals surface area contributed by atoms with Gasteiger partial charge in [0.15, 0.2) is 5.78 Å². The minimum Gasteiger partial charge on any atom is -0.300 e. The van der Waals surface area contributed by atoms with Crippen LogP contribution in [0.4, 0.5) is 8.78 Å². The van der Waals surface area contributed by atoms with E-state index in [1.54, 1.807) is 0 Å². The Kier molecular flexibility index (Phi) is 3.66. The van der Waals surface area contributed by atoms with Gasteiger partial charge < -0.3 is 4.79 Å². The van der Waals surface area contributed by atoms with Gasteiger partial charge in [-0.3, -0.25) is 4.79 Å². The third-order valence-electron chi connectivity index (χ3n) is 1.94. The van der Waals surface area contributed by atoms with E-state index in [1.165, 1.54) is 6.92 Å². The SMILES string of the molecule is CC(=O)CCC(=O)c1ccc(F)cc1F. The largest absolute Gasteiger partial charge is 0.300 e. The topological polar surface area (TPSA) is 34.1 Å². The maximum atomic E-state index is 13.1. The first-order chi connectivity index (χ1) is 7.00. The van der Waals surface area contributed by atoms with Crippen LogP contribution in [0.1, 0.15) is 30.1 Å². The Bertz CT molecular complexity index is 400. The van der Waals surface area contributed by atoms with Crippen molar-refractivity contribution in [2.24, 2.45) is 0 Å². The van der Waals surface area contributed by atoms with Crippen LogP contribution in [0.3, 0.4) is 0 Å². The second-order valence-electron chi connectivity index (χ2n) is 3.25. The second-order valence-corrected chi connectivity index (χ2v) is 3.25. The second kappa shape index (κ2) is 4.77. The summed E-state index contributed by atoms with van der Waals surface area (Å²) < 4.78 is 25.6. The van der Waals surface area contributed by atoms with Gasteiger partial charge in [-0.25, -0.2) is 8.78 Å². The summed E-state index contributed by atoms with van der Waals surface area (Å²) in [5.41, 5.74) is -0.169. The molecule has 0 heterocycles. The van der Waals surface area contributed by atoms with Crippen LogP contribution in [0.25, 0.3) is 0 Å². The van der Waals surface area contributed by atoms with Crippen LogP contribution in [0, 0.1) is 11.6 Å². The average Bonchev–Trinajstić information content (AvgIpc) is 2.14. The van der Waals surface area contributed by atoms with Crippen molar-refractivity contribution in [2.45, 2.75) is 19.8 Å². The molecule has 0 saturated heterocycles. The molecule has 0 amide bonds. The summed E-state index contributed by atoms with van der Waals surface area (Å²) in [6.07, 6.45) is 0.0353. The molecule has 80 valence electrons. The molecule has 0 aliphatic carbocycles. The number of hydrogen-bond donors (Lipinski definition) is 0. The fraction of sp³-hybridized carbons (Fsp3) is 0.273. The predicted octanol–water partition coefficient (Wildman–Crippen LogP) is 2.52. The molecule has 15 heavy (non-hydrogen) atoms. The molecule has 0 radical (unpaired) electrons. The Labute approximate surface area is 85.9 Å². The van der Waals surface area contributed by atoms with Gasteiger partial charge in [0, 0.05) is 18.9 Å². The summed E-state index contributed by atoms with van der Waals surface area (Å²) >= 11 is 0. The zero-order valence-electron chi connectivity index (χ0n) is 8.22. The molecule has 0 fully saturated rings. The average molecular weight is 212 g/mol. The Morgan fingerprint density at radius 1 is 1.20 bits per heavy atom. The highest BCUT2D eigenvalue weighted by Gasteiger charge is 2.12. The molecular weight excluding hydrogens is 202 g/mol. The number of rotatable bonds is 4. The molecule has 2 nitrogen and oxygen atoms in total. The van der Waals surface area contributed by atoms with Crippen LogP contribution in [-0.2, 0) is 4.79 Å². The van der Waals surface area contributed by atoms with Crippen LogP contribution in [0.5, 0.6) is 0 Å². The van der Waals surface area contributed by atoms with Gasteiger partial charge in [0.25, 0.3) is 0 Å². The summed E-state index contributed by atoms with van der Waals surface area (Å²) in [5.74, 6) is -2.23. The summed E-state index contributed by atoms with van der Waals surface area (Å²) in [7, 11) is 0. The van der Waals surface area contributed by atoms with Crippen molar-refractivity contribution in [2.75, 3.05) is 0 Å². The van der Waals surface area contributed by atoms with Crippen molar-refractivity contribution >= 4 is 11.6 Å². The molecule has 1 rings (SSSR count). The highest BCUT2D eigenvalue weighted by Crippen LogP contribution is 2.12. The highest BCUT2D eigenvalue weighted by molar-refractivity contribution is 5.98. The molecule has 0 N–H and O–H groups in total. The normalized spacial score (nSPS) is 10.1. The number of ketones is 2. The Morgan fingerprint density at radius 2 is 1.87 bits per heavy atom. The zero-order valence-corrected chi connectivity index (χ0v) is 8.22. The van der Waals surface area contributed by atoms with E-state index < -0.39 is 17.4 Å². The lowest BCUT2D eigenvalue weighted by atomic mass is 10.0. The van der Waals surface area contributed by atoms with E-state index in [2.05, 4.69) is 0 Å². The van der Waals surface area contributed by atoms with E-state index in [9.17, 15) is 18.4 Å². The number of hydrogen-bond acceptors (Lipinski definition) is 2. The van der Waals surface area contributed by atoms with Gasteiger partial charge in [0.05, 0.1) is 5.56 Å². The monoisotopic (exact) mass is 212 g/mol. The van der Waals surface area contributed by atoms with Gasteiger partial charge in [-0.2, -0.15) is 0 Å². The maximum absolute atomic E-state index is 13.1. The van der Waals surface area contributed by atoms with E-state index in [0.29, 0.717) is 6.07 Å². The van der Waals surface area contributed by atoms with Crippen LogP contribution in [-0.4, -0.2) is 11.6 Å². The molecule has 0 spiro atoms. The number of Topliss-reactive ketones (excluding diaryl/α,β-unsaturated/α-hetero) is 2. The van der Waals surface area contributed by atoms with E-state index >= 15 is 0 Å². The lowest BCUT2D eigenvalue weighted by molar-refractivity contribution is -0.116. The first-order valence-corrected chi connectivity index (χ1v) is 4.48. The van der Waals surface area contributed by atoms with E-state index in [-0.39, 0.29) is 24.2 Å². The molecule has 1 aromatic carbocycles.